The Bertz CT molecular complexity index is 458. The van der Waals surface area contributed by atoms with Crippen LogP contribution < -0.4 is 15.8 Å². The van der Waals surface area contributed by atoms with E-state index in [1.807, 2.05) is 25.1 Å². The molecule has 0 atom stereocenters. The summed E-state index contributed by atoms with van der Waals surface area (Å²) >= 11 is 6.02. The third kappa shape index (κ3) is 4.67. The molecular formula is C13H18ClN3O. The highest BCUT2D eigenvalue weighted by molar-refractivity contribution is 6.32. The molecule has 0 aliphatic carbocycles. The molecule has 0 radical (unpaired) electrons. The van der Waals surface area contributed by atoms with Gasteiger partial charge in [0.15, 0.2) is 5.96 Å². The smallest absolute Gasteiger partial charge is 0.189 e. The number of methoxy groups -OCH3 is 1. The Morgan fingerprint density at radius 3 is 2.83 bits per heavy atom. The summed E-state index contributed by atoms with van der Waals surface area (Å²) in [6.07, 6.45) is 0. The number of nitrogens with two attached hydrogens (primary N) is 1. The first kappa shape index (κ1) is 14.4. The van der Waals surface area contributed by atoms with Crippen molar-refractivity contribution in [3.05, 3.63) is 40.9 Å². The molecule has 0 aliphatic heterocycles. The second-order valence-electron chi connectivity index (χ2n) is 3.98. The molecule has 0 fully saturated rings. The normalized spacial score (nSPS) is 11.2. The number of guanidine groups is 1. The first-order valence-corrected chi connectivity index (χ1v) is 5.91. The molecule has 0 heterocycles. The lowest BCUT2D eigenvalue weighted by molar-refractivity contribution is 0.415. The predicted molar refractivity (Wildman–Crippen MR) is 76.1 cm³/mol. The topological polar surface area (TPSA) is 59.6 Å². The number of rotatable bonds is 5. The molecule has 0 saturated carbocycles. The van der Waals surface area contributed by atoms with E-state index in [2.05, 4.69) is 16.9 Å². The van der Waals surface area contributed by atoms with E-state index in [-0.39, 0.29) is 0 Å². The number of hydrogen-bond donors (Lipinski definition) is 2. The second-order valence-corrected chi connectivity index (χ2v) is 4.39. The standard InChI is InChI=1S/C13H18ClN3O/c1-9(2)7-16-13(15)17-8-10-4-5-12(18-3)11(14)6-10/h4-6H,1,7-8H2,2-3H3,(H3,15,16,17). The summed E-state index contributed by atoms with van der Waals surface area (Å²) in [6.45, 7) is 6.79. The molecule has 4 nitrogen and oxygen atoms in total. The van der Waals surface area contributed by atoms with E-state index in [9.17, 15) is 0 Å². The molecule has 1 rings (SSSR count). The molecule has 98 valence electrons. The average molecular weight is 268 g/mol. The molecule has 1 aromatic rings. The van der Waals surface area contributed by atoms with E-state index in [0.717, 1.165) is 11.1 Å². The highest BCUT2D eigenvalue weighted by atomic mass is 35.5. The summed E-state index contributed by atoms with van der Waals surface area (Å²) in [5.74, 6) is 1.04. The maximum absolute atomic E-state index is 6.02. The lowest BCUT2D eigenvalue weighted by Crippen LogP contribution is -2.32. The number of hydrogen-bond acceptors (Lipinski definition) is 2. The van der Waals surface area contributed by atoms with Crippen molar-refractivity contribution in [1.82, 2.24) is 5.32 Å². The molecule has 0 spiro atoms. The molecule has 3 N–H and O–H groups in total. The van der Waals surface area contributed by atoms with Crippen molar-refractivity contribution in [2.45, 2.75) is 13.5 Å². The number of nitrogens with one attached hydrogen (secondary N) is 1. The van der Waals surface area contributed by atoms with Gasteiger partial charge < -0.3 is 15.8 Å². The molecular weight excluding hydrogens is 250 g/mol. The summed E-state index contributed by atoms with van der Waals surface area (Å²) < 4.78 is 5.08. The van der Waals surface area contributed by atoms with Crippen molar-refractivity contribution in [1.29, 1.82) is 0 Å². The van der Waals surface area contributed by atoms with Crippen molar-refractivity contribution in [2.24, 2.45) is 10.7 Å². The van der Waals surface area contributed by atoms with Gasteiger partial charge in [-0.3, -0.25) is 0 Å². The Kier molecular flexibility index (Phi) is 5.52. The van der Waals surface area contributed by atoms with Crippen LogP contribution >= 0.6 is 11.6 Å². The van der Waals surface area contributed by atoms with Gasteiger partial charge in [0, 0.05) is 6.54 Å². The largest absolute Gasteiger partial charge is 0.495 e. The minimum Gasteiger partial charge on any atom is -0.495 e. The summed E-state index contributed by atoms with van der Waals surface area (Å²) in [6, 6.07) is 5.53. The van der Waals surface area contributed by atoms with Gasteiger partial charge in [-0.25, -0.2) is 4.99 Å². The molecule has 5 heteroatoms. The van der Waals surface area contributed by atoms with Crippen LogP contribution in [-0.2, 0) is 6.54 Å². The number of ether oxygens (including phenoxy) is 1. The molecule has 18 heavy (non-hydrogen) atoms. The summed E-state index contributed by atoms with van der Waals surface area (Å²) in [5.41, 5.74) is 7.68. The van der Waals surface area contributed by atoms with Crippen LogP contribution in [0.3, 0.4) is 0 Å². The average Bonchev–Trinajstić information content (AvgIpc) is 2.34. The SMILES string of the molecule is C=C(C)CNC(N)=NCc1ccc(OC)c(Cl)c1. The Morgan fingerprint density at radius 2 is 2.28 bits per heavy atom. The molecule has 0 saturated heterocycles. The van der Waals surface area contributed by atoms with Gasteiger partial charge in [0.1, 0.15) is 5.75 Å². The van der Waals surface area contributed by atoms with Crippen molar-refractivity contribution < 1.29 is 4.74 Å². The first-order valence-electron chi connectivity index (χ1n) is 5.53. The van der Waals surface area contributed by atoms with Gasteiger partial charge >= 0.3 is 0 Å². The van der Waals surface area contributed by atoms with Crippen molar-refractivity contribution >= 4 is 17.6 Å². The fourth-order valence-electron chi connectivity index (χ4n) is 1.28. The summed E-state index contributed by atoms with van der Waals surface area (Å²) in [7, 11) is 1.58. The number of aliphatic imine (C=N–C) groups is 1. The first-order chi connectivity index (χ1) is 8.52. The summed E-state index contributed by atoms with van der Waals surface area (Å²) in [4.78, 5) is 4.21. The minimum atomic E-state index is 0.393. The van der Waals surface area contributed by atoms with Crippen LogP contribution in [0.1, 0.15) is 12.5 Å². The van der Waals surface area contributed by atoms with Crippen LogP contribution in [-0.4, -0.2) is 19.6 Å². The predicted octanol–water partition coefficient (Wildman–Crippen LogP) is 2.33. The number of benzene rings is 1. The third-order valence-corrected chi connectivity index (χ3v) is 2.51. The van der Waals surface area contributed by atoms with E-state index in [0.29, 0.717) is 29.8 Å². The maximum atomic E-state index is 6.02. The third-order valence-electron chi connectivity index (χ3n) is 2.22. The fraction of sp³-hybridized carbons (Fsp3) is 0.308. The maximum Gasteiger partial charge on any atom is 0.189 e. The van der Waals surface area contributed by atoms with Gasteiger partial charge in [-0.1, -0.05) is 29.8 Å². The van der Waals surface area contributed by atoms with Gasteiger partial charge in [0.05, 0.1) is 18.7 Å². The number of halogens is 1. The monoisotopic (exact) mass is 267 g/mol. The molecule has 0 aliphatic rings. The number of nitrogens with zero attached hydrogens (tertiary/aromatic N) is 1. The molecule has 0 amide bonds. The zero-order chi connectivity index (χ0) is 13.5. The lowest BCUT2D eigenvalue weighted by atomic mass is 10.2. The van der Waals surface area contributed by atoms with E-state index in [4.69, 9.17) is 22.1 Å². The highest BCUT2D eigenvalue weighted by Crippen LogP contribution is 2.25. The van der Waals surface area contributed by atoms with Gasteiger partial charge in [-0.05, 0) is 24.6 Å². The quantitative estimate of drug-likeness (QED) is 0.489. The summed E-state index contributed by atoms with van der Waals surface area (Å²) in [5, 5.41) is 3.53. The van der Waals surface area contributed by atoms with Crippen LogP contribution in [0.4, 0.5) is 0 Å². The lowest BCUT2D eigenvalue weighted by Gasteiger charge is -2.06. The van der Waals surface area contributed by atoms with Crippen LogP contribution in [0.25, 0.3) is 0 Å². The molecule has 1 aromatic carbocycles. The zero-order valence-corrected chi connectivity index (χ0v) is 11.4. The van der Waals surface area contributed by atoms with Gasteiger partial charge in [0.2, 0.25) is 0 Å². The van der Waals surface area contributed by atoms with Crippen LogP contribution in [0.5, 0.6) is 5.75 Å². The molecule has 0 bridgehead atoms. The highest BCUT2D eigenvalue weighted by Gasteiger charge is 2.01. The Labute approximate surface area is 112 Å². The fourth-order valence-corrected chi connectivity index (χ4v) is 1.56. The Hall–Kier alpha value is -1.68. The van der Waals surface area contributed by atoms with Gasteiger partial charge in [-0.15, -0.1) is 0 Å². The van der Waals surface area contributed by atoms with E-state index in [1.165, 1.54) is 0 Å². The zero-order valence-electron chi connectivity index (χ0n) is 10.7. The van der Waals surface area contributed by atoms with Crippen molar-refractivity contribution in [3.63, 3.8) is 0 Å². The van der Waals surface area contributed by atoms with E-state index in [1.54, 1.807) is 7.11 Å². The minimum absolute atomic E-state index is 0.393. The van der Waals surface area contributed by atoms with Gasteiger partial charge in [0.25, 0.3) is 0 Å². The van der Waals surface area contributed by atoms with Crippen LogP contribution in [0.2, 0.25) is 5.02 Å². The van der Waals surface area contributed by atoms with Crippen molar-refractivity contribution in [2.75, 3.05) is 13.7 Å². The van der Waals surface area contributed by atoms with Gasteiger partial charge in [-0.2, -0.15) is 0 Å². The van der Waals surface area contributed by atoms with E-state index >= 15 is 0 Å². The Balaban J connectivity index is 2.59. The Morgan fingerprint density at radius 1 is 1.56 bits per heavy atom. The van der Waals surface area contributed by atoms with Crippen LogP contribution in [0.15, 0.2) is 35.3 Å². The molecule has 0 aromatic heterocycles. The van der Waals surface area contributed by atoms with Crippen LogP contribution in [0, 0.1) is 0 Å². The molecule has 0 unspecified atom stereocenters. The van der Waals surface area contributed by atoms with Crippen molar-refractivity contribution in [3.8, 4) is 5.75 Å². The van der Waals surface area contributed by atoms with E-state index < -0.39 is 0 Å². The second kappa shape index (κ2) is 6.91.